The van der Waals surface area contributed by atoms with Gasteiger partial charge in [-0.05, 0) is 49.7 Å². The Kier molecular flexibility index (Phi) is 7.21. The SMILES string of the molecule is CCN(CC(COc1ccccc1)OC(C)=O)c1ccc(C=O)c(C)c1. The molecule has 0 N–H and O–H groups in total. The number of aryl methyl sites for hydroxylation is 1. The Morgan fingerprint density at radius 3 is 2.50 bits per heavy atom. The molecule has 0 aliphatic carbocycles. The van der Waals surface area contributed by atoms with E-state index in [4.69, 9.17) is 9.47 Å². The number of rotatable bonds is 9. The number of nitrogens with zero attached hydrogens (tertiary/aromatic N) is 1. The van der Waals surface area contributed by atoms with Crippen LogP contribution in [0.15, 0.2) is 48.5 Å². The Morgan fingerprint density at radius 2 is 1.92 bits per heavy atom. The molecule has 1 atom stereocenters. The summed E-state index contributed by atoms with van der Waals surface area (Å²) in [5.41, 5.74) is 2.57. The molecule has 2 rings (SSSR count). The largest absolute Gasteiger partial charge is 0.490 e. The molecule has 0 heterocycles. The zero-order valence-electron chi connectivity index (χ0n) is 15.5. The van der Waals surface area contributed by atoms with Crippen LogP contribution < -0.4 is 9.64 Å². The molecule has 0 fully saturated rings. The van der Waals surface area contributed by atoms with Crippen molar-refractivity contribution in [2.75, 3.05) is 24.6 Å². The van der Waals surface area contributed by atoms with Crippen molar-refractivity contribution >= 4 is 17.9 Å². The summed E-state index contributed by atoms with van der Waals surface area (Å²) < 4.78 is 11.2. The molecule has 1 unspecified atom stereocenters. The highest BCUT2D eigenvalue weighted by molar-refractivity contribution is 5.78. The maximum absolute atomic E-state index is 11.5. The molecule has 0 bridgehead atoms. The van der Waals surface area contributed by atoms with Gasteiger partial charge in [-0.2, -0.15) is 0 Å². The van der Waals surface area contributed by atoms with Gasteiger partial charge in [0.15, 0.2) is 6.10 Å². The minimum absolute atomic E-state index is 0.269. The van der Waals surface area contributed by atoms with E-state index >= 15 is 0 Å². The number of hydrogen-bond acceptors (Lipinski definition) is 5. The molecule has 2 aromatic rings. The van der Waals surface area contributed by atoms with Gasteiger partial charge in [-0.15, -0.1) is 0 Å². The van der Waals surface area contributed by atoms with Crippen LogP contribution in [0.25, 0.3) is 0 Å². The number of likely N-dealkylation sites (N-methyl/N-ethyl adjacent to an activating group) is 1. The lowest BCUT2D eigenvalue weighted by Crippen LogP contribution is -2.38. The number of ether oxygens (including phenoxy) is 2. The van der Waals surface area contributed by atoms with E-state index < -0.39 is 6.10 Å². The zero-order chi connectivity index (χ0) is 18.9. The highest BCUT2D eigenvalue weighted by Gasteiger charge is 2.18. The van der Waals surface area contributed by atoms with E-state index in [0.29, 0.717) is 12.1 Å². The van der Waals surface area contributed by atoms with Gasteiger partial charge in [-0.1, -0.05) is 18.2 Å². The molecule has 0 aliphatic rings. The van der Waals surface area contributed by atoms with E-state index in [-0.39, 0.29) is 12.6 Å². The van der Waals surface area contributed by atoms with Crippen molar-refractivity contribution in [3.8, 4) is 5.75 Å². The van der Waals surface area contributed by atoms with Crippen LogP contribution in [-0.4, -0.2) is 38.1 Å². The Balaban J connectivity index is 2.09. The number of para-hydroxylation sites is 1. The van der Waals surface area contributed by atoms with Crippen LogP contribution in [0, 0.1) is 6.92 Å². The first kappa shape index (κ1) is 19.5. The molecule has 0 saturated heterocycles. The van der Waals surface area contributed by atoms with Crippen LogP contribution in [-0.2, 0) is 9.53 Å². The summed E-state index contributed by atoms with van der Waals surface area (Å²) in [6.45, 7) is 6.85. The summed E-state index contributed by atoms with van der Waals surface area (Å²) in [4.78, 5) is 24.6. The van der Waals surface area contributed by atoms with Crippen molar-refractivity contribution in [2.45, 2.75) is 26.9 Å². The fourth-order valence-electron chi connectivity index (χ4n) is 2.72. The van der Waals surface area contributed by atoms with Gasteiger partial charge in [0.25, 0.3) is 0 Å². The third-order valence-corrected chi connectivity index (χ3v) is 4.06. The van der Waals surface area contributed by atoms with Crippen molar-refractivity contribution in [1.82, 2.24) is 0 Å². The fraction of sp³-hybridized carbons (Fsp3) is 0.333. The third kappa shape index (κ3) is 5.62. The van der Waals surface area contributed by atoms with Crippen molar-refractivity contribution in [3.63, 3.8) is 0 Å². The Morgan fingerprint density at radius 1 is 1.19 bits per heavy atom. The monoisotopic (exact) mass is 355 g/mol. The molecule has 5 heteroatoms. The summed E-state index contributed by atoms with van der Waals surface area (Å²) in [7, 11) is 0. The number of benzene rings is 2. The second kappa shape index (κ2) is 9.61. The van der Waals surface area contributed by atoms with E-state index in [1.54, 1.807) is 0 Å². The number of carbonyl (C=O) groups is 2. The Labute approximate surface area is 154 Å². The van der Waals surface area contributed by atoms with Crippen LogP contribution >= 0.6 is 0 Å². The van der Waals surface area contributed by atoms with Crippen molar-refractivity contribution < 1.29 is 19.1 Å². The van der Waals surface area contributed by atoms with Crippen molar-refractivity contribution in [1.29, 1.82) is 0 Å². The smallest absolute Gasteiger partial charge is 0.303 e. The van der Waals surface area contributed by atoms with Gasteiger partial charge in [0, 0.05) is 24.7 Å². The topological polar surface area (TPSA) is 55.8 Å². The minimum Gasteiger partial charge on any atom is -0.490 e. The molecular weight excluding hydrogens is 330 g/mol. The average Bonchev–Trinajstić information content (AvgIpc) is 2.64. The van der Waals surface area contributed by atoms with Gasteiger partial charge < -0.3 is 14.4 Å². The molecule has 2 aromatic carbocycles. The summed E-state index contributed by atoms with van der Waals surface area (Å²) in [5.74, 6) is 0.397. The first-order valence-electron chi connectivity index (χ1n) is 8.69. The molecule has 0 aromatic heterocycles. The standard InChI is InChI=1S/C21H25NO4/c1-4-22(19-11-10-18(14-23)16(2)12-19)13-21(26-17(3)24)15-25-20-8-6-5-7-9-20/h5-12,14,21H,4,13,15H2,1-3H3. The van der Waals surface area contributed by atoms with Crippen LogP contribution in [0.2, 0.25) is 0 Å². The van der Waals surface area contributed by atoms with Crippen molar-refractivity contribution in [3.05, 3.63) is 59.7 Å². The van der Waals surface area contributed by atoms with E-state index in [1.165, 1.54) is 6.92 Å². The molecule has 0 saturated carbocycles. The highest BCUT2D eigenvalue weighted by Crippen LogP contribution is 2.19. The predicted molar refractivity (Wildman–Crippen MR) is 102 cm³/mol. The summed E-state index contributed by atoms with van der Waals surface area (Å²) in [5, 5.41) is 0. The molecule has 5 nitrogen and oxygen atoms in total. The second-order valence-electron chi connectivity index (χ2n) is 6.05. The van der Waals surface area contributed by atoms with Gasteiger partial charge in [-0.25, -0.2) is 0 Å². The van der Waals surface area contributed by atoms with Gasteiger partial charge >= 0.3 is 5.97 Å². The summed E-state index contributed by atoms with van der Waals surface area (Å²) in [6.07, 6.45) is 0.448. The normalized spacial score (nSPS) is 11.5. The molecule has 0 spiro atoms. The Bertz CT molecular complexity index is 730. The molecule has 0 amide bonds. The maximum Gasteiger partial charge on any atom is 0.303 e. The fourth-order valence-corrected chi connectivity index (χ4v) is 2.72. The van der Waals surface area contributed by atoms with Gasteiger partial charge in [0.05, 0.1) is 6.54 Å². The van der Waals surface area contributed by atoms with Gasteiger partial charge in [0.1, 0.15) is 18.6 Å². The number of esters is 1. The minimum atomic E-state index is -0.404. The van der Waals surface area contributed by atoms with E-state index in [1.807, 2.05) is 62.4 Å². The van der Waals surface area contributed by atoms with Crippen molar-refractivity contribution in [2.24, 2.45) is 0 Å². The van der Waals surface area contributed by atoms with E-state index in [9.17, 15) is 9.59 Å². The van der Waals surface area contributed by atoms with Crippen LogP contribution in [0.4, 0.5) is 5.69 Å². The second-order valence-corrected chi connectivity index (χ2v) is 6.05. The van der Waals surface area contributed by atoms with Crippen LogP contribution in [0.3, 0.4) is 0 Å². The highest BCUT2D eigenvalue weighted by atomic mass is 16.6. The number of hydrogen-bond donors (Lipinski definition) is 0. The predicted octanol–water partition coefficient (Wildman–Crippen LogP) is 3.64. The summed E-state index contributed by atoms with van der Waals surface area (Å²) >= 11 is 0. The van der Waals surface area contributed by atoms with E-state index in [0.717, 1.165) is 29.8 Å². The number of aldehydes is 1. The van der Waals surface area contributed by atoms with Gasteiger partial charge in [-0.3, -0.25) is 9.59 Å². The molecule has 0 aliphatic heterocycles. The Hall–Kier alpha value is -2.82. The quantitative estimate of drug-likeness (QED) is 0.508. The molecule has 0 radical (unpaired) electrons. The third-order valence-electron chi connectivity index (χ3n) is 4.06. The van der Waals surface area contributed by atoms with Gasteiger partial charge in [0.2, 0.25) is 0 Å². The molecular formula is C21H25NO4. The van der Waals surface area contributed by atoms with Crippen LogP contribution in [0.5, 0.6) is 5.75 Å². The lowest BCUT2D eigenvalue weighted by atomic mass is 10.1. The zero-order valence-corrected chi connectivity index (χ0v) is 15.5. The first-order valence-corrected chi connectivity index (χ1v) is 8.69. The molecule has 138 valence electrons. The molecule has 26 heavy (non-hydrogen) atoms. The number of anilines is 1. The lowest BCUT2D eigenvalue weighted by molar-refractivity contribution is -0.147. The first-order chi connectivity index (χ1) is 12.5. The lowest BCUT2D eigenvalue weighted by Gasteiger charge is -2.28. The van der Waals surface area contributed by atoms with Crippen LogP contribution in [0.1, 0.15) is 29.8 Å². The number of carbonyl (C=O) groups excluding carboxylic acids is 2. The average molecular weight is 355 g/mol. The summed E-state index contributed by atoms with van der Waals surface area (Å²) in [6, 6.07) is 15.1. The van der Waals surface area contributed by atoms with E-state index in [2.05, 4.69) is 4.90 Å². The maximum atomic E-state index is 11.5.